The summed E-state index contributed by atoms with van der Waals surface area (Å²) in [4.78, 5) is 0. The molecule has 2 heterocycles. The second-order valence-electron chi connectivity index (χ2n) is 6.10. The maximum Gasteiger partial charge on any atom is 0.159 e. The molecule has 21 heavy (non-hydrogen) atoms. The van der Waals surface area contributed by atoms with E-state index in [4.69, 9.17) is 0 Å². The molecule has 3 heteroatoms. The van der Waals surface area contributed by atoms with E-state index in [1.54, 1.807) is 0 Å². The van der Waals surface area contributed by atoms with Crippen molar-refractivity contribution in [1.82, 2.24) is 0 Å². The van der Waals surface area contributed by atoms with Crippen molar-refractivity contribution in [2.24, 2.45) is 0 Å². The molecule has 2 nitrogen and oxygen atoms in total. The first kappa shape index (κ1) is 13.1. The van der Waals surface area contributed by atoms with Gasteiger partial charge in [0, 0.05) is 0 Å². The average Bonchev–Trinajstić information content (AvgIpc) is 2.46. The Hall–Kier alpha value is -1.61. The molecule has 0 radical (unpaired) electrons. The van der Waals surface area contributed by atoms with Crippen LogP contribution in [0.15, 0.2) is 48.5 Å². The number of benzene rings is 2. The Morgan fingerprint density at radius 3 is 2.62 bits per heavy atom. The molecule has 0 N–H and O–H groups in total. The first-order valence-corrected chi connectivity index (χ1v) is 9.19. The second kappa shape index (κ2) is 4.70. The standard InChI is InChI=1S/C18H18O2S/c19-21(20)15-7-4-8-16(21)12-14(11-15)18-10-3-6-13-5-1-2-9-17(13)18/h1-3,5-6,9-11,15-16H,4,7-8,12H2. The van der Waals surface area contributed by atoms with Gasteiger partial charge in [-0.05, 0) is 41.2 Å². The maximum atomic E-state index is 12.4. The lowest BCUT2D eigenvalue weighted by atomic mass is 9.90. The molecule has 2 unspecified atom stereocenters. The number of fused-ring (bicyclic) bond motifs is 3. The van der Waals surface area contributed by atoms with Crippen LogP contribution in [0.5, 0.6) is 0 Å². The lowest BCUT2D eigenvalue weighted by molar-refractivity contribution is 0.518. The minimum absolute atomic E-state index is 0.171. The summed E-state index contributed by atoms with van der Waals surface area (Å²) in [5.74, 6) is 0. The lowest BCUT2D eigenvalue weighted by Crippen LogP contribution is -2.38. The number of allylic oxidation sites excluding steroid dienone is 1. The Morgan fingerprint density at radius 2 is 1.76 bits per heavy atom. The highest BCUT2D eigenvalue weighted by atomic mass is 32.2. The fourth-order valence-corrected chi connectivity index (χ4v) is 6.01. The predicted molar refractivity (Wildman–Crippen MR) is 86.9 cm³/mol. The molecule has 0 aliphatic carbocycles. The summed E-state index contributed by atoms with van der Waals surface area (Å²) in [5.41, 5.74) is 2.43. The smallest absolute Gasteiger partial charge is 0.159 e. The summed E-state index contributed by atoms with van der Waals surface area (Å²) in [7, 11) is -2.94. The fraction of sp³-hybridized carbons (Fsp3) is 0.333. The molecule has 0 amide bonds. The number of hydrogen-bond acceptors (Lipinski definition) is 2. The van der Waals surface area contributed by atoms with Crippen LogP contribution in [-0.2, 0) is 9.84 Å². The van der Waals surface area contributed by atoms with Crippen molar-refractivity contribution in [3.8, 4) is 0 Å². The van der Waals surface area contributed by atoms with E-state index in [0.29, 0.717) is 6.42 Å². The number of sulfone groups is 1. The van der Waals surface area contributed by atoms with Crippen LogP contribution in [0.4, 0.5) is 0 Å². The van der Waals surface area contributed by atoms with Gasteiger partial charge >= 0.3 is 0 Å². The molecule has 2 aliphatic rings. The van der Waals surface area contributed by atoms with Gasteiger partial charge in [0.1, 0.15) is 0 Å². The minimum Gasteiger partial charge on any atom is -0.228 e. The number of hydrogen-bond donors (Lipinski definition) is 0. The van der Waals surface area contributed by atoms with E-state index < -0.39 is 9.84 Å². The minimum atomic E-state index is -2.94. The Morgan fingerprint density at radius 1 is 0.952 bits per heavy atom. The molecule has 1 fully saturated rings. The SMILES string of the molecule is O=S1(=O)C2C=C(c3cccc4ccccc34)CC1CCC2. The zero-order valence-electron chi connectivity index (χ0n) is 11.8. The molecule has 2 aromatic carbocycles. The van der Waals surface area contributed by atoms with E-state index in [0.717, 1.165) is 19.3 Å². The third kappa shape index (κ3) is 2.03. The molecule has 1 saturated heterocycles. The predicted octanol–water partition coefficient (Wildman–Crippen LogP) is 3.96. The molecule has 0 aromatic heterocycles. The quantitative estimate of drug-likeness (QED) is 0.798. The van der Waals surface area contributed by atoms with Gasteiger partial charge in [-0.1, -0.05) is 55.0 Å². The lowest BCUT2D eigenvalue weighted by Gasteiger charge is -2.33. The van der Waals surface area contributed by atoms with Crippen LogP contribution < -0.4 is 0 Å². The van der Waals surface area contributed by atoms with Crippen LogP contribution in [0.3, 0.4) is 0 Å². The highest BCUT2D eigenvalue weighted by Gasteiger charge is 2.40. The Kier molecular flexibility index (Phi) is 2.93. The fourth-order valence-electron chi connectivity index (χ4n) is 3.76. The van der Waals surface area contributed by atoms with Gasteiger partial charge in [-0.2, -0.15) is 0 Å². The third-order valence-corrected chi connectivity index (χ3v) is 7.42. The van der Waals surface area contributed by atoms with Crippen LogP contribution >= 0.6 is 0 Å². The number of rotatable bonds is 1. The molecule has 2 bridgehead atoms. The van der Waals surface area contributed by atoms with Crippen LogP contribution in [0.25, 0.3) is 16.3 Å². The first-order chi connectivity index (χ1) is 10.2. The average molecular weight is 298 g/mol. The third-order valence-electron chi connectivity index (χ3n) is 4.87. The summed E-state index contributed by atoms with van der Waals surface area (Å²) < 4.78 is 24.8. The maximum absolute atomic E-state index is 12.4. The molecule has 0 spiro atoms. The molecular weight excluding hydrogens is 280 g/mol. The van der Waals surface area contributed by atoms with Crippen molar-refractivity contribution in [3.63, 3.8) is 0 Å². The Balaban J connectivity index is 1.89. The first-order valence-electron chi connectivity index (χ1n) is 7.58. The van der Waals surface area contributed by atoms with Gasteiger partial charge in [0.05, 0.1) is 10.5 Å². The van der Waals surface area contributed by atoms with E-state index in [1.807, 2.05) is 18.2 Å². The molecule has 4 rings (SSSR count). The summed E-state index contributed by atoms with van der Waals surface area (Å²) in [5, 5.41) is 2.01. The van der Waals surface area contributed by atoms with E-state index >= 15 is 0 Å². The topological polar surface area (TPSA) is 34.1 Å². The van der Waals surface area contributed by atoms with Crippen molar-refractivity contribution in [2.45, 2.75) is 36.2 Å². The monoisotopic (exact) mass is 298 g/mol. The van der Waals surface area contributed by atoms with Gasteiger partial charge in [-0.3, -0.25) is 0 Å². The van der Waals surface area contributed by atoms with Crippen molar-refractivity contribution in [1.29, 1.82) is 0 Å². The summed E-state index contributed by atoms with van der Waals surface area (Å²) in [6.45, 7) is 0. The van der Waals surface area contributed by atoms with Gasteiger partial charge in [0.25, 0.3) is 0 Å². The van der Waals surface area contributed by atoms with Crippen molar-refractivity contribution in [3.05, 3.63) is 54.1 Å². The summed E-state index contributed by atoms with van der Waals surface area (Å²) >= 11 is 0. The van der Waals surface area contributed by atoms with E-state index in [9.17, 15) is 8.42 Å². The van der Waals surface area contributed by atoms with E-state index in [2.05, 4.69) is 30.3 Å². The molecule has 2 aliphatic heterocycles. The Labute approximate surface area is 125 Å². The van der Waals surface area contributed by atoms with Crippen LogP contribution in [-0.4, -0.2) is 18.9 Å². The molecule has 0 saturated carbocycles. The Bertz CT molecular complexity index is 828. The van der Waals surface area contributed by atoms with Crippen LogP contribution in [0.1, 0.15) is 31.2 Å². The van der Waals surface area contributed by atoms with Crippen LogP contribution in [0.2, 0.25) is 0 Å². The van der Waals surface area contributed by atoms with Crippen LogP contribution in [0, 0.1) is 0 Å². The van der Waals surface area contributed by atoms with E-state index in [-0.39, 0.29) is 10.5 Å². The highest BCUT2D eigenvalue weighted by Crippen LogP contribution is 2.40. The molecule has 2 aromatic rings. The van der Waals surface area contributed by atoms with Gasteiger partial charge in [0.2, 0.25) is 0 Å². The zero-order valence-corrected chi connectivity index (χ0v) is 12.6. The largest absolute Gasteiger partial charge is 0.228 e. The van der Waals surface area contributed by atoms with Gasteiger partial charge in [0.15, 0.2) is 9.84 Å². The molecule has 108 valence electrons. The van der Waals surface area contributed by atoms with Gasteiger partial charge in [-0.15, -0.1) is 0 Å². The summed E-state index contributed by atoms with van der Waals surface area (Å²) in [6, 6.07) is 14.6. The molecule has 2 atom stereocenters. The second-order valence-corrected chi connectivity index (χ2v) is 8.55. The van der Waals surface area contributed by atoms with Crippen molar-refractivity contribution in [2.75, 3.05) is 0 Å². The molecular formula is C18H18O2S. The van der Waals surface area contributed by atoms with Crippen molar-refractivity contribution >= 4 is 26.2 Å². The van der Waals surface area contributed by atoms with Crippen molar-refractivity contribution < 1.29 is 8.42 Å². The highest BCUT2D eigenvalue weighted by molar-refractivity contribution is 7.93. The van der Waals surface area contributed by atoms with Gasteiger partial charge in [-0.25, -0.2) is 8.42 Å². The van der Waals surface area contributed by atoms with Gasteiger partial charge < -0.3 is 0 Å². The zero-order chi connectivity index (χ0) is 14.4. The normalized spacial score (nSPS) is 27.3. The van der Waals surface area contributed by atoms with E-state index in [1.165, 1.54) is 21.9 Å². The summed E-state index contributed by atoms with van der Waals surface area (Å²) in [6.07, 6.45) is 5.33.